The molecule has 2 aromatic rings. The molecule has 0 unspecified atom stereocenters. The molecule has 0 bridgehead atoms. The van der Waals surface area contributed by atoms with Gasteiger partial charge in [-0.2, -0.15) is 5.26 Å². The molecule has 2 rings (SSSR count). The van der Waals surface area contributed by atoms with E-state index >= 15 is 0 Å². The Bertz CT molecular complexity index is 659. The van der Waals surface area contributed by atoms with E-state index < -0.39 is 0 Å². The fourth-order valence-corrected chi connectivity index (χ4v) is 1.84. The summed E-state index contributed by atoms with van der Waals surface area (Å²) in [6, 6.07) is 10.6. The van der Waals surface area contributed by atoms with E-state index in [1.165, 1.54) is 6.07 Å². The van der Waals surface area contributed by atoms with Gasteiger partial charge in [-0.05, 0) is 37.1 Å². The zero-order valence-corrected chi connectivity index (χ0v) is 11.6. The Labute approximate surface area is 118 Å². The minimum Gasteiger partial charge on any atom is -0.369 e. The van der Waals surface area contributed by atoms with Crippen LogP contribution in [0, 0.1) is 24.1 Å². The molecule has 102 valence electrons. The Morgan fingerprint density at radius 2 is 2.10 bits per heavy atom. The molecule has 0 saturated carbocycles. The summed E-state index contributed by atoms with van der Waals surface area (Å²) in [6.07, 6.45) is 0.940. The van der Waals surface area contributed by atoms with Crippen LogP contribution in [-0.4, -0.2) is 11.5 Å². The predicted octanol–water partition coefficient (Wildman–Crippen LogP) is 3.89. The van der Waals surface area contributed by atoms with Crippen LogP contribution in [0.1, 0.15) is 24.5 Å². The highest BCUT2D eigenvalue weighted by atomic mass is 19.1. The normalized spacial score (nSPS) is 10.1. The maximum atomic E-state index is 13.6. The van der Waals surface area contributed by atoms with Gasteiger partial charge >= 0.3 is 0 Å². The van der Waals surface area contributed by atoms with E-state index in [2.05, 4.69) is 16.4 Å². The fraction of sp³-hybridized carbons (Fsp3) is 0.250. The maximum Gasteiger partial charge on any atom is 0.144 e. The molecule has 1 aromatic carbocycles. The van der Waals surface area contributed by atoms with Crippen LogP contribution in [0.15, 0.2) is 30.3 Å². The quantitative estimate of drug-likeness (QED) is 0.916. The van der Waals surface area contributed by atoms with Gasteiger partial charge in [0, 0.05) is 12.1 Å². The summed E-state index contributed by atoms with van der Waals surface area (Å²) in [5, 5.41) is 12.2. The average Bonchev–Trinajstić information content (AvgIpc) is 2.47. The largest absolute Gasteiger partial charge is 0.369 e. The van der Waals surface area contributed by atoms with Crippen LogP contribution in [0.2, 0.25) is 0 Å². The van der Waals surface area contributed by atoms with Crippen molar-refractivity contribution in [3.63, 3.8) is 0 Å². The first-order chi connectivity index (χ1) is 9.65. The second kappa shape index (κ2) is 6.16. The number of aromatic nitrogens is 1. The predicted molar refractivity (Wildman–Crippen MR) is 77.9 cm³/mol. The number of rotatable bonds is 4. The lowest BCUT2D eigenvalue weighted by molar-refractivity contribution is 0.619. The van der Waals surface area contributed by atoms with Gasteiger partial charge in [-0.25, -0.2) is 9.37 Å². The highest BCUT2D eigenvalue weighted by molar-refractivity contribution is 5.65. The SMILES string of the molecule is CCCNc1nc(-c2ccc(C)c(F)c2)ccc1C#N. The summed E-state index contributed by atoms with van der Waals surface area (Å²) in [5.41, 5.74) is 2.46. The van der Waals surface area contributed by atoms with Crippen LogP contribution in [0.3, 0.4) is 0 Å². The lowest BCUT2D eigenvalue weighted by Gasteiger charge is -2.09. The first kappa shape index (κ1) is 14.0. The standard InChI is InChI=1S/C16H16FN3/c1-3-8-19-16-13(10-18)6-7-15(20-16)12-5-4-11(2)14(17)9-12/h4-7,9H,3,8H2,1-2H3,(H,19,20). The van der Waals surface area contributed by atoms with E-state index in [1.807, 2.05) is 13.0 Å². The zero-order valence-electron chi connectivity index (χ0n) is 11.6. The number of pyridine rings is 1. The fourth-order valence-electron chi connectivity index (χ4n) is 1.84. The highest BCUT2D eigenvalue weighted by Gasteiger charge is 2.08. The van der Waals surface area contributed by atoms with Gasteiger partial charge < -0.3 is 5.32 Å². The van der Waals surface area contributed by atoms with E-state index in [0.717, 1.165) is 13.0 Å². The van der Waals surface area contributed by atoms with Crippen LogP contribution >= 0.6 is 0 Å². The number of hydrogen-bond acceptors (Lipinski definition) is 3. The highest BCUT2D eigenvalue weighted by Crippen LogP contribution is 2.23. The summed E-state index contributed by atoms with van der Waals surface area (Å²) in [6.45, 7) is 4.51. The first-order valence-electron chi connectivity index (χ1n) is 6.57. The van der Waals surface area contributed by atoms with Crippen LogP contribution in [0.4, 0.5) is 10.2 Å². The van der Waals surface area contributed by atoms with E-state index in [1.54, 1.807) is 25.1 Å². The summed E-state index contributed by atoms with van der Waals surface area (Å²) >= 11 is 0. The van der Waals surface area contributed by atoms with Crippen LogP contribution < -0.4 is 5.32 Å². The molecule has 0 aliphatic rings. The third kappa shape index (κ3) is 2.94. The number of nitrogens with zero attached hydrogens (tertiary/aromatic N) is 2. The van der Waals surface area contributed by atoms with Gasteiger partial charge in [0.25, 0.3) is 0 Å². The molecule has 3 nitrogen and oxygen atoms in total. The van der Waals surface area contributed by atoms with E-state index in [4.69, 9.17) is 5.26 Å². The molecule has 1 N–H and O–H groups in total. The Kier molecular flexibility index (Phi) is 4.31. The summed E-state index contributed by atoms with van der Waals surface area (Å²) in [7, 11) is 0. The van der Waals surface area contributed by atoms with Gasteiger partial charge in [-0.1, -0.05) is 19.1 Å². The molecule has 4 heteroatoms. The minimum atomic E-state index is -0.253. The van der Waals surface area contributed by atoms with Crippen LogP contribution in [0.25, 0.3) is 11.3 Å². The number of aryl methyl sites for hydroxylation is 1. The second-order valence-electron chi connectivity index (χ2n) is 4.60. The van der Waals surface area contributed by atoms with Crippen molar-refractivity contribution in [2.45, 2.75) is 20.3 Å². The third-order valence-corrected chi connectivity index (χ3v) is 3.03. The number of halogens is 1. The van der Waals surface area contributed by atoms with Gasteiger partial charge in [0.15, 0.2) is 0 Å². The summed E-state index contributed by atoms with van der Waals surface area (Å²) in [5.74, 6) is 0.296. The molecule has 0 radical (unpaired) electrons. The van der Waals surface area contributed by atoms with Crippen molar-refractivity contribution in [1.29, 1.82) is 5.26 Å². The van der Waals surface area contributed by atoms with Gasteiger partial charge in [0.05, 0.1) is 11.3 Å². The van der Waals surface area contributed by atoms with Crippen molar-refractivity contribution >= 4 is 5.82 Å². The number of nitrogens with one attached hydrogen (secondary N) is 1. The molecule has 0 spiro atoms. The zero-order chi connectivity index (χ0) is 14.5. The maximum absolute atomic E-state index is 13.6. The Hall–Kier alpha value is -2.41. The lowest BCUT2D eigenvalue weighted by atomic mass is 10.1. The third-order valence-electron chi connectivity index (χ3n) is 3.03. The topological polar surface area (TPSA) is 48.7 Å². The number of benzene rings is 1. The lowest BCUT2D eigenvalue weighted by Crippen LogP contribution is -2.04. The number of anilines is 1. The molecule has 0 amide bonds. The van der Waals surface area contributed by atoms with Gasteiger partial charge in [0.1, 0.15) is 17.7 Å². The summed E-state index contributed by atoms with van der Waals surface area (Å²) < 4.78 is 13.6. The molecule has 0 aliphatic carbocycles. The monoisotopic (exact) mass is 269 g/mol. The Morgan fingerprint density at radius 1 is 1.30 bits per heavy atom. The van der Waals surface area contributed by atoms with Crippen LogP contribution in [-0.2, 0) is 0 Å². The number of hydrogen-bond donors (Lipinski definition) is 1. The van der Waals surface area contributed by atoms with E-state index in [0.29, 0.717) is 28.2 Å². The van der Waals surface area contributed by atoms with Crippen LogP contribution in [0.5, 0.6) is 0 Å². The first-order valence-corrected chi connectivity index (χ1v) is 6.57. The van der Waals surface area contributed by atoms with E-state index in [-0.39, 0.29) is 5.82 Å². The molecule has 0 atom stereocenters. The molecule has 1 heterocycles. The molecular formula is C16H16FN3. The van der Waals surface area contributed by atoms with E-state index in [9.17, 15) is 4.39 Å². The average molecular weight is 269 g/mol. The second-order valence-corrected chi connectivity index (χ2v) is 4.60. The van der Waals surface area contributed by atoms with Gasteiger partial charge in [-0.15, -0.1) is 0 Å². The molecular weight excluding hydrogens is 253 g/mol. The smallest absolute Gasteiger partial charge is 0.144 e. The van der Waals surface area contributed by atoms with Gasteiger partial charge in [0.2, 0.25) is 0 Å². The molecule has 1 aromatic heterocycles. The van der Waals surface area contributed by atoms with Crippen molar-refractivity contribution in [1.82, 2.24) is 4.98 Å². The van der Waals surface area contributed by atoms with Crippen molar-refractivity contribution in [3.8, 4) is 17.3 Å². The number of nitriles is 1. The molecule has 0 fully saturated rings. The molecule has 0 aliphatic heterocycles. The minimum absolute atomic E-state index is 0.253. The Morgan fingerprint density at radius 3 is 2.75 bits per heavy atom. The van der Waals surface area contributed by atoms with Crippen molar-refractivity contribution in [3.05, 3.63) is 47.3 Å². The van der Waals surface area contributed by atoms with Crippen molar-refractivity contribution < 1.29 is 4.39 Å². The van der Waals surface area contributed by atoms with Crippen molar-refractivity contribution in [2.24, 2.45) is 0 Å². The van der Waals surface area contributed by atoms with Crippen molar-refractivity contribution in [2.75, 3.05) is 11.9 Å². The summed E-state index contributed by atoms with van der Waals surface area (Å²) in [4.78, 5) is 4.42. The molecule has 0 saturated heterocycles. The molecule has 20 heavy (non-hydrogen) atoms. The Balaban J connectivity index is 2.42. The van der Waals surface area contributed by atoms with Gasteiger partial charge in [-0.3, -0.25) is 0 Å².